The molecular formula is C8H14N4O6. The van der Waals surface area contributed by atoms with Gasteiger partial charge in [0, 0.05) is 0 Å². The Morgan fingerprint density at radius 3 is 2.61 bits per heavy atom. The highest BCUT2D eigenvalue weighted by Crippen LogP contribution is 2.18. The average Bonchev–Trinajstić information content (AvgIpc) is 2.57. The van der Waals surface area contributed by atoms with Gasteiger partial charge in [-0.25, -0.2) is 4.79 Å². The van der Waals surface area contributed by atoms with E-state index in [9.17, 15) is 19.8 Å². The summed E-state index contributed by atoms with van der Waals surface area (Å²) in [6.45, 7) is -0.507. The van der Waals surface area contributed by atoms with Crippen molar-refractivity contribution in [3.8, 4) is 0 Å². The van der Waals surface area contributed by atoms with Crippen molar-refractivity contribution in [2.75, 3.05) is 6.61 Å². The highest BCUT2D eigenvalue weighted by atomic mass is 16.6. The third kappa shape index (κ3) is 3.37. The van der Waals surface area contributed by atoms with Gasteiger partial charge >= 0.3 is 6.03 Å². The van der Waals surface area contributed by atoms with Crippen LogP contribution in [0.2, 0.25) is 0 Å². The minimum Gasteiger partial charge on any atom is -0.394 e. The Morgan fingerprint density at radius 1 is 1.44 bits per heavy atom. The summed E-state index contributed by atoms with van der Waals surface area (Å²) in [5, 5.41) is 31.9. The van der Waals surface area contributed by atoms with Gasteiger partial charge in [-0.1, -0.05) is 0 Å². The molecule has 7 N–H and O–H groups in total. The van der Waals surface area contributed by atoms with Gasteiger partial charge in [0.25, 0.3) is 0 Å². The number of nitrogens with two attached hydrogens (primary N) is 1. The summed E-state index contributed by atoms with van der Waals surface area (Å²) in [4.78, 5) is 24.3. The van der Waals surface area contributed by atoms with Crippen LogP contribution >= 0.6 is 0 Å². The van der Waals surface area contributed by atoms with Crippen molar-refractivity contribution in [2.45, 2.75) is 24.5 Å². The van der Waals surface area contributed by atoms with Crippen molar-refractivity contribution in [3.05, 3.63) is 0 Å². The van der Waals surface area contributed by atoms with Crippen LogP contribution in [0.4, 0.5) is 4.79 Å². The smallest absolute Gasteiger partial charge is 0.323 e. The molecule has 0 aromatic carbocycles. The van der Waals surface area contributed by atoms with Crippen molar-refractivity contribution in [3.63, 3.8) is 0 Å². The molecule has 0 aromatic heterocycles. The SMILES string of the molecule is NC(=NC=O)NC(=O)NC1OC(CO)C(O)C1O. The molecule has 1 aliphatic heterocycles. The van der Waals surface area contributed by atoms with Crippen LogP contribution in [-0.2, 0) is 9.53 Å². The summed E-state index contributed by atoms with van der Waals surface area (Å²) in [5.41, 5.74) is 5.13. The molecule has 0 saturated carbocycles. The fraction of sp³-hybridized carbons (Fsp3) is 0.625. The number of nitrogens with one attached hydrogen (secondary N) is 2. The minimum absolute atomic E-state index is 0.141. The maximum atomic E-state index is 11.3. The molecular weight excluding hydrogens is 248 g/mol. The first-order valence-electron chi connectivity index (χ1n) is 4.96. The van der Waals surface area contributed by atoms with E-state index in [0.29, 0.717) is 0 Å². The Bertz CT molecular complexity index is 348. The molecule has 0 bridgehead atoms. The van der Waals surface area contributed by atoms with E-state index in [1.54, 1.807) is 0 Å². The first-order chi connectivity index (χ1) is 8.49. The predicted molar refractivity (Wildman–Crippen MR) is 57.1 cm³/mol. The van der Waals surface area contributed by atoms with E-state index in [2.05, 4.69) is 10.3 Å². The number of amides is 3. The van der Waals surface area contributed by atoms with Gasteiger partial charge in [-0.15, -0.1) is 0 Å². The lowest BCUT2D eigenvalue weighted by molar-refractivity contribution is -0.106. The molecule has 1 rings (SSSR count). The van der Waals surface area contributed by atoms with Gasteiger partial charge in [0.2, 0.25) is 12.4 Å². The van der Waals surface area contributed by atoms with Gasteiger partial charge < -0.3 is 31.1 Å². The maximum Gasteiger partial charge on any atom is 0.323 e. The van der Waals surface area contributed by atoms with Gasteiger partial charge in [0.15, 0.2) is 6.23 Å². The third-order valence-corrected chi connectivity index (χ3v) is 2.25. The number of nitrogens with zero attached hydrogens (tertiary/aromatic N) is 1. The normalized spacial score (nSPS) is 32.1. The van der Waals surface area contributed by atoms with Crippen LogP contribution in [0, 0.1) is 0 Å². The van der Waals surface area contributed by atoms with Crippen LogP contribution in [0.1, 0.15) is 0 Å². The molecule has 1 fully saturated rings. The first-order valence-corrected chi connectivity index (χ1v) is 4.96. The summed E-state index contributed by atoms with van der Waals surface area (Å²) in [6, 6.07) is -0.882. The van der Waals surface area contributed by atoms with E-state index in [0.717, 1.165) is 0 Å². The van der Waals surface area contributed by atoms with Crippen molar-refractivity contribution >= 4 is 18.4 Å². The van der Waals surface area contributed by atoms with Gasteiger partial charge in [-0.05, 0) is 0 Å². The molecule has 3 amide bonds. The molecule has 102 valence electrons. The van der Waals surface area contributed by atoms with Crippen molar-refractivity contribution in [2.24, 2.45) is 10.7 Å². The van der Waals surface area contributed by atoms with Crippen LogP contribution in [0.15, 0.2) is 4.99 Å². The lowest BCUT2D eigenvalue weighted by Crippen LogP contribution is -2.50. The number of aliphatic imine (C=N–C) groups is 1. The Balaban J connectivity index is 2.50. The monoisotopic (exact) mass is 262 g/mol. The molecule has 4 atom stereocenters. The Hall–Kier alpha value is -1.75. The molecule has 4 unspecified atom stereocenters. The van der Waals surface area contributed by atoms with Gasteiger partial charge in [-0.2, -0.15) is 4.99 Å². The second-order valence-corrected chi connectivity index (χ2v) is 3.48. The van der Waals surface area contributed by atoms with Crippen LogP contribution in [0.25, 0.3) is 0 Å². The van der Waals surface area contributed by atoms with E-state index in [1.807, 2.05) is 5.32 Å². The molecule has 0 spiro atoms. The van der Waals surface area contributed by atoms with Crippen LogP contribution in [0.3, 0.4) is 0 Å². The summed E-state index contributed by atoms with van der Waals surface area (Å²) < 4.78 is 4.98. The molecule has 1 heterocycles. The zero-order valence-corrected chi connectivity index (χ0v) is 9.18. The Labute approximate surface area is 101 Å². The number of hydrogen-bond donors (Lipinski definition) is 6. The summed E-state index contributed by atoms with van der Waals surface area (Å²) in [5.74, 6) is -0.436. The van der Waals surface area contributed by atoms with E-state index in [1.165, 1.54) is 0 Å². The molecule has 1 saturated heterocycles. The molecule has 0 radical (unpaired) electrons. The number of guanidine groups is 1. The second kappa shape index (κ2) is 6.26. The van der Waals surface area contributed by atoms with Crippen LogP contribution < -0.4 is 16.4 Å². The summed E-state index contributed by atoms with van der Waals surface area (Å²) in [6.07, 6.45) is -4.77. The van der Waals surface area contributed by atoms with Gasteiger partial charge in [0.1, 0.15) is 18.3 Å². The number of carbonyl (C=O) groups is 2. The number of carbonyl (C=O) groups excluding carboxylic acids is 2. The predicted octanol–water partition coefficient (Wildman–Crippen LogP) is -3.80. The first kappa shape index (κ1) is 14.3. The highest BCUT2D eigenvalue weighted by molar-refractivity contribution is 5.97. The highest BCUT2D eigenvalue weighted by Gasteiger charge is 2.43. The summed E-state index contributed by atoms with van der Waals surface area (Å²) >= 11 is 0. The van der Waals surface area contributed by atoms with E-state index >= 15 is 0 Å². The fourth-order valence-corrected chi connectivity index (χ4v) is 1.39. The average molecular weight is 262 g/mol. The number of urea groups is 1. The molecule has 0 aliphatic carbocycles. The largest absolute Gasteiger partial charge is 0.394 e. The second-order valence-electron chi connectivity index (χ2n) is 3.48. The van der Waals surface area contributed by atoms with E-state index < -0.39 is 43.1 Å². The lowest BCUT2D eigenvalue weighted by Gasteiger charge is -2.16. The van der Waals surface area contributed by atoms with Gasteiger partial charge in [0.05, 0.1) is 6.61 Å². The Morgan fingerprint density at radius 2 is 2.11 bits per heavy atom. The van der Waals surface area contributed by atoms with Crippen LogP contribution in [0.5, 0.6) is 0 Å². The van der Waals surface area contributed by atoms with Crippen molar-refractivity contribution < 1.29 is 29.6 Å². The topological polar surface area (TPSA) is 166 Å². The molecule has 10 heteroatoms. The Kier molecular flexibility index (Phi) is 4.97. The number of aliphatic hydroxyl groups excluding tert-OH is 3. The van der Waals surface area contributed by atoms with Crippen molar-refractivity contribution in [1.29, 1.82) is 0 Å². The maximum absolute atomic E-state index is 11.3. The van der Waals surface area contributed by atoms with E-state index in [4.69, 9.17) is 15.6 Å². The third-order valence-electron chi connectivity index (χ3n) is 2.25. The van der Waals surface area contributed by atoms with Crippen LogP contribution in [-0.4, -0.2) is 64.9 Å². The number of ether oxygens (including phenoxy) is 1. The summed E-state index contributed by atoms with van der Waals surface area (Å²) in [7, 11) is 0. The molecule has 1 aliphatic rings. The van der Waals surface area contributed by atoms with E-state index in [-0.39, 0.29) is 6.41 Å². The lowest BCUT2D eigenvalue weighted by atomic mass is 10.1. The number of aliphatic hydroxyl groups is 3. The zero-order chi connectivity index (χ0) is 13.7. The zero-order valence-electron chi connectivity index (χ0n) is 9.18. The van der Waals surface area contributed by atoms with Crippen molar-refractivity contribution in [1.82, 2.24) is 10.6 Å². The molecule has 18 heavy (non-hydrogen) atoms. The molecule has 0 aromatic rings. The fourth-order valence-electron chi connectivity index (χ4n) is 1.39. The molecule has 10 nitrogen and oxygen atoms in total. The van der Waals surface area contributed by atoms with Gasteiger partial charge in [-0.3, -0.25) is 10.1 Å². The number of rotatable bonds is 3. The number of hydrogen-bond acceptors (Lipinski definition) is 6. The standard InChI is InChI=1S/C8H14N4O6/c9-7(10-2-14)12-8(17)11-6-5(16)4(15)3(1-13)18-6/h2-6,13,15-16H,1H2,(H4,9,10,11,12,14,17). The quantitative estimate of drug-likeness (QED) is 0.172. The minimum atomic E-state index is -1.39.